The average Bonchev–Trinajstić information content (AvgIpc) is 2.72. The molecule has 0 saturated carbocycles. The molecule has 2 N–H and O–H groups in total. The van der Waals surface area contributed by atoms with Crippen LogP contribution < -0.4 is 15.5 Å². The maximum Gasteiger partial charge on any atom is 0.141 e. The molecule has 4 rings (SSSR count). The van der Waals surface area contributed by atoms with Gasteiger partial charge in [0.25, 0.3) is 0 Å². The molecule has 144 valence electrons. The van der Waals surface area contributed by atoms with Gasteiger partial charge in [0, 0.05) is 41.5 Å². The van der Waals surface area contributed by atoms with Gasteiger partial charge in [-0.2, -0.15) is 0 Å². The summed E-state index contributed by atoms with van der Waals surface area (Å²) < 4.78 is 18.9. The summed E-state index contributed by atoms with van der Waals surface area (Å²) in [5.74, 6) is -0.430. The summed E-state index contributed by atoms with van der Waals surface area (Å²) >= 11 is 5.92. The van der Waals surface area contributed by atoms with Gasteiger partial charge in [0.05, 0.1) is 18.2 Å². The molecule has 0 bridgehead atoms. The van der Waals surface area contributed by atoms with E-state index in [9.17, 15) is 4.39 Å². The summed E-state index contributed by atoms with van der Waals surface area (Å²) in [5, 5.41) is 6.87. The zero-order valence-corrected chi connectivity index (χ0v) is 16.0. The van der Waals surface area contributed by atoms with Gasteiger partial charge < -0.3 is 20.3 Å². The van der Waals surface area contributed by atoms with E-state index in [1.54, 1.807) is 12.1 Å². The summed E-state index contributed by atoms with van der Waals surface area (Å²) in [4.78, 5) is 2.29. The highest BCUT2D eigenvalue weighted by molar-refractivity contribution is 6.31. The zero-order chi connectivity index (χ0) is 19.3. The van der Waals surface area contributed by atoms with Gasteiger partial charge in [-0.3, -0.25) is 0 Å². The minimum Gasteiger partial charge on any atom is -0.378 e. The van der Waals surface area contributed by atoms with Crippen molar-refractivity contribution in [2.45, 2.75) is 0 Å². The monoisotopic (exact) mass is 397 g/mol. The molecule has 0 radical (unpaired) electrons. The number of ether oxygens (including phenoxy) is 1. The molecule has 4 nitrogen and oxygen atoms in total. The quantitative estimate of drug-likeness (QED) is 0.570. The molecule has 1 fully saturated rings. The smallest absolute Gasteiger partial charge is 0.141 e. The first-order valence-electron chi connectivity index (χ1n) is 9.19. The Bertz CT molecular complexity index is 946. The number of benzene rings is 3. The second-order valence-corrected chi connectivity index (χ2v) is 7.02. The third kappa shape index (κ3) is 4.55. The van der Waals surface area contributed by atoms with Gasteiger partial charge in [0.1, 0.15) is 5.82 Å². The summed E-state index contributed by atoms with van der Waals surface area (Å²) in [7, 11) is 0. The highest BCUT2D eigenvalue weighted by atomic mass is 35.5. The third-order valence-corrected chi connectivity index (χ3v) is 4.85. The zero-order valence-electron chi connectivity index (χ0n) is 15.3. The Hall–Kier alpha value is -2.76. The Kier molecular flexibility index (Phi) is 5.65. The van der Waals surface area contributed by atoms with Crippen molar-refractivity contribution in [1.82, 2.24) is 0 Å². The molecule has 0 unspecified atom stereocenters. The number of rotatable bonds is 5. The fourth-order valence-electron chi connectivity index (χ4n) is 3.19. The lowest BCUT2D eigenvalue weighted by atomic mass is 10.2. The lowest BCUT2D eigenvalue weighted by Gasteiger charge is -2.29. The Morgan fingerprint density at radius 1 is 0.786 bits per heavy atom. The van der Waals surface area contributed by atoms with E-state index in [0.29, 0.717) is 13.2 Å². The second-order valence-electron chi connectivity index (χ2n) is 6.61. The second kappa shape index (κ2) is 8.50. The van der Waals surface area contributed by atoms with Crippen LogP contribution >= 0.6 is 11.6 Å². The Morgan fingerprint density at radius 3 is 2.14 bits per heavy atom. The number of halogens is 2. The molecule has 0 amide bonds. The first kappa shape index (κ1) is 18.6. The summed E-state index contributed by atoms with van der Waals surface area (Å²) in [6.07, 6.45) is 0. The lowest BCUT2D eigenvalue weighted by molar-refractivity contribution is 0.122. The Labute approximate surface area is 168 Å². The van der Waals surface area contributed by atoms with Crippen molar-refractivity contribution >= 4 is 40.0 Å². The van der Waals surface area contributed by atoms with E-state index in [2.05, 4.69) is 27.7 Å². The highest BCUT2D eigenvalue weighted by Gasteiger charge is 2.13. The largest absolute Gasteiger partial charge is 0.378 e. The fraction of sp³-hybridized carbons (Fsp3) is 0.182. The van der Waals surface area contributed by atoms with Crippen LogP contribution in [0, 0.1) is 5.82 Å². The van der Waals surface area contributed by atoms with Gasteiger partial charge in [0.15, 0.2) is 0 Å². The first-order chi connectivity index (χ1) is 13.7. The van der Waals surface area contributed by atoms with E-state index < -0.39 is 5.82 Å². The molecular weight excluding hydrogens is 377 g/mol. The van der Waals surface area contributed by atoms with Crippen LogP contribution in [0.1, 0.15) is 0 Å². The topological polar surface area (TPSA) is 36.5 Å². The number of hydrogen-bond donors (Lipinski definition) is 2. The maximum atomic E-state index is 13.5. The maximum absolute atomic E-state index is 13.5. The molecule has 1 saturated heterocycles. The van der Waals surface area contributed by atoms with Crippen molar-refractivity contribution < 1.29 is 9.13 Å². The number of hydrogen-bond acceptors (Lipinski definition) is 4. The van der Waals surface area contributed by atoms with Crippen LogP contribution in [-0.4, -0.2) is 26.3 Å². The van der Waals surface area contributed by atoms with Crippen molar-refractivity contribution in [2.24, 2.45) is 0 Å². The SMILES string of the molecule is Fc1ccc(Nc2cc(Nc3ccccc3)cc(N3CCOCC3)c2)cc1Cl. The van der Waals surface area contributed by atoms with Gasteiger partial charge >= 0.3 is 0 Å². The van der Waals surface area contributed by atoms with Gasteiger partial charge in [-0.05, 0) is 48.5 Å². The van der Waals surface area contributed by atoms with Crippen LogP contribution in [0.5, 0.6) is 0 Å². The molecule has 1 aliphatic heterocycles. The number of para-hydroxylation sites is 1. The summed E-state index contributed by atoms with van der Waals surface area (Å²) in [5.41, 5.74) is 4.70. The molecule has 0 aliphatic carbocycles. The van der Waals surface area contributed by atoms with Crippen LogP contribution in [0.25, 0.3) is 0 Å². The molecule has 1 heterocycles. The average molecular weight is 398 g/mol. The van der Waals surface area contributed by atoms with Crippen LogP contribution in [0.2, 0.25) is 5.02 Å². The van der Waals surface area contributed by atoms with Gasteiger partial charge in [-0.25, -0.2) is 4.39 Å². The number of nitrogens with one attached hydrogen (secondary N) is 2. The predicted molar refractivity (Wildman–Crippen MR) is 114 cm³/mol. The Morgan fingerprint density at radius 2 is 1.46 bits per heavy atom. The van der Waals surface area contributed by atoms with E-state index in [0.717, 1.165) is 41.5 Å². The van der Waals surface area contributed by atoms with Crippen molar-refractivity contribution in [3.05, 3.63) is 77.6 Å². The molecule has 28 heavy (non-hydrogen) atoms. The predicted octanol–water partition coefficient (Wildman–Crippen LogP) is 5.80. The standard InChI is InChI=1S/C22H21ClFN3O/c23-21-15-17(6-7-22(21)24)26-19-12-18(25-16-4-2-1-3-5-16)13-20(14-19)27-8-10-28-11-9-27/h1-7,12-15,25-26H,8-11H2. The van der Waals surface area contributed by atoms with E-state index in [4.69, 9.17) is 16.3 Å². The number of anilines is 5. The van der Waals surface area contributed by atoms with Gasteiger partial charge in [0.2, 0.25) is 0 Å². The van der Waals surface area contributed by atoms with Crippen LogP contribution in [0.3, 0.4) is 0 Å². The minimum atomic E-state index is -0.430. The van der Waals surface area contributed by atoms with E-state index in [1.165, 1.54) is 6.07 Å². The molecule has 0 spiro atoms. The molecule has 3 aromatic carbocycles. The summed E-state index contributed by atoms with van der Waals surface area (Å²) in [6, 6.07) is 20.9. The molecular formula is C22H21ClFN3O. The van der Waals surface area contributed by atoms with Crippen LogP contribution in [0.4, 0.5) is 32.8 Å². The Balaban J connectivity index is 1.65. The van der Waals surface area contributed by atoms with E-state index >= 15 is 0 Å². The van der Waals surface area contributed by atoms with Crippen molar-refractivity contribution in [1.29, 1.82) is 0 Å². The lowest BCUT2D eigenvalue weighted by Crippen LogP contribution is -2.36. The van der Waals surface area contributed by atoms with E-state index in [1.807, 2.05) is 36.4 Å². The van der Waals surface area contributed by atoms with Crippen molar-refractivity contribution in [3.63, 3.8) is 0 Å². The molecule has 0 atom stereocenters. The van der Waals surface area contributed by atoms with Crippen LogP contribution in [-0.2, 0) is 4.74 Å². The fourth-order valence-corrected chi connectivity index (χ4v) is 3.37. The molecule has 1 aliphatic rings. The van der Waals surface area contributed by atoms with Crippen molar-refractivity contribution in [3.8, 4) is 0 Å². The summed E-state index contributed by atoms with van der Waals surface area (Å²) in [6.45, 7) is 3.12. The molecule has 3 aromatic rings. The third-order valence-electron chi connectivity index (χ3n) is 4.56. The number of nitrogens with zero attached hydrogens (tertiary/aromatic N) is 1. The number of morpholine rings is 1. The molecule has 0 aromatic heterocycles. The molecule has 6 heteroatoms. The van der Waals surface area contributed by atoms with Gasteiger partial charge in [-0.15, -0.1) is 0 Å². The minimum absolute atomic E-state index is 0.0944. The van der Waals surface area contributed by atoms with Crippen molar-refractivity contribution in [2.75, 3.05) is 41.8 Å². The first-order valence-corrected chi connectivity index (χ1v) is 9.57. The van der Waals surface area contributed by atoms with Crippen LogP contribution in [0.15, 0.2) is 66.7 Å². The van der Waals surface area contributed by atoms with Gasteiger partial charge in [-0.1, -0.05) is 29.8 Å². The highest BCUT2D eigenvalue weighted by Crippen LogP contribution is 2.31. The normalized spacial score (nSPS) is 14.0. The van der Waals surface area contributed by atoms with E-state index in [-0.39, 0.29) is 5.02 Å².